The van der Waals surface area contributed by atoms with E-state index >= 15 is 0 Å². The van der Waals surface area contributed by atoms with Gasteiger partial charge in [0.1, 0.15) is 11.6 Å². The molecule has 18 heavy (non-hydrogen) atoms. The highest BCUT2D eigenvalue weighted by Crippen LogP contribution is 2.33. The van der Waals surface area contributed by atoms with Gasteiger partial charge in [0.2, 0.25) is 0 Å². The first-order valence-corrected chi connectivity index (χ1v) is 6.12. The Kier molecular flexibility index (Phi) is 3.24. The summed E-state index contributed by atoms with van der Waals surface area (Å²) in [5.41, 5.74) is 3.18. The summed E-state index contributed by atoms with van der Waals surface area (Å²) in [7, 11) is 3.90. The molecule has 0 fully saturated rings. The Labute approximate surface area is 107 Å². The number of aromatic nitrogens is 1. The number of nitrogens with zero attached hydrogens (tertiary/aromatic N) is 3. The van der Waals surface area contributed by atoms with Gasteiger partial charge >= 0.3 is 0 Å². The summed E-state index contributed by atoms with van der Waals surface area (Å²) in [6.45, 7) is 2.52. The molecule has 2 rings (SSSR count). The van der Waals surface area contributed by atoms with Crippen LogP contribution in [0.15, 0.2) is 17.2 Å². The topological polar surface area (TPSA) is 49.0 Å². The van der Waals surface area contributed by atoms with E-state index in [9.17, 15) is 10.1 Å². The van der Waals surface area contributed by atoms with Gasteiger partial charge in [0.25, 0.3) is 5.56 Å². The van der Waals surface area contributed by atoms with Crippen molar-refractivity contribution in [3.63, 3.8) is 0 Å². The zero-order valence-electron chi connectivity index (χ0n) is 11.0. The minimum atomic E-state index is -0.176. The molecule has 0 bridgehead atoms. The molecule has 1 aliphatic carbocycles. The number of allylic oxidation sites excluding steroid dienone is 1. The van der Waals surface area contributed by atoms with Gasteiger partial charge in [-0.15, -0.1) is 0 Å². The lowest BCUT2D eigenvalue weighted by Crippen LogP contribution is -2.23. The number of nitriles is 1. The molecule has 0 radical (unpaired) electrons. The Hall–Kier alpha value is -2.02. The summed E-state index contributed by atoms with van der Waals surface area (Å²) in [6.07, 6.45) is 5.71. The number of pyridine rings is 1. The molecular weight excluding hydrogens is 226 g/mol. The summed E-state index contributed by atoms with van der Waals surface area (Å²) in [4.78, 5) is 14.1. The number of hydrogen-bond acceptors (Lipinski definition) is 3. The molecule has 0 aromatic carbocycles. The lowest BCUT2D eigenvalue weighted by molar-refractivity contribution is 0.564. The zero-order chi connectivity index (χ0) is 13.3. The van der Waals surface area contributed by atoms with Gasteiger partial charge in [-0.05, 0) is 30.9 Å². The van der Waals surface area contributed by atoms with E-state index in [-0.39, 0.29) is 5.56 Å². The highest BCUT2D eigenvalue weighted by atomic mass is 16.1. The van der Waals surface area contributed by atoms with Crippen molar-refractivity contribution in [3.8, 4) is 6.07 Å². The first kappa shape index (κ1) is 12.4. The van der Waals surface area contributed by atoms with Crippen molar-refractivity contribution in [1.82, 2.24) is 9.47 Å². The molecular formula is C14H17N3O. The first-order valence-electron chi connectivity index (χ1n) is 6.12. The van der Waals surface area contributed by atoms with Crippen LogP contribution in [-0.4, -0.2) is 23.6 Å². The summed E-state index contributed by atoms with van der Waals surface area (Å²) < 4.78 is 1.62. The molecule has 1 aliphatic rings. The molecule has 0 saturated carbocycles. The molecule has 4 nitrogen and oxygen atoms in total. The maximum Gasteiger partial charge on any atom is 0.269 e. The summed E-state index contributed by atoms with van der Waals surface area (Å²) >= 11 is 0. The van der Waals surface area contributed by atoms with Crippen LogP contribution in [0.1, 0.15) is 30.0 Å². The van der Waals surface area contributed by atoms with Crippen molar-refractivity contribution in [2.45, 2.75) is 26.3 Å². The third-order valence-electron chi connectivity index (χ3n) is 3.21. The highest BCUT2D eigenvalue weighted by molar-refractivity contribution is 5.76. The zero-order valence-corrected chi connectivity index (χ0v) is 11.0. The van der Waals surface area contributed by atoms with Gasteiger partial charge in [-0.2, -0.15) is 5.26 Å². The standard InChI is InChI=1S/C14H17N3O/c1-4-17-9-11-6-5-10(8-16(2)3)13(11)12(7-15)14(17)18/h8-9H,4-6H2,1-3H3/b10-8+. The Balaban J connectivity index is 2.71. The SMILES string of the molecule is CCn1cc2c(c(C#N)c1=O)/C(=C/N(C)C)CC2. The molecule has 0 aliphatic heterocycles. The van der Waals surface area contributed by atoms with E-state index in [1.165, 1.54) is 0 Å². The normalized spacial score (nSPS) is 15.6. The van der Waals surface area contributed by atoms with Crippen LogP contribution in [0.2, 0.25) is 0 Å². The summed E-state index contributed by atoms with van der Waals surface area (Å²) in [6, 6.07) is 2.08. The van der Waals surface area contributed by atoms with Gasteiger partial charge in [-0.3, -0.25) is 4.79 Å². The summed E-state index contributed by atoms with van der Waals surface area (Å²) in [5.74, 6) is 0. The maximum atomic E-state index is 12.1. The molecule has 1 aromatic rings. The van der Waals surface area contributed by atoms with Crippen LogP contribution in [0.25, 0.3) is 5.57 Å². The van der Waals surface area contributed by atoms with E-state index in [1.807, 2.05) is 38.3 Å². The average Bonchev–Trinajstić information content (AvgIpc) is 2.71. The molecule has 0 unspecified atom stereocenters. The predicted molar refractivity (Wildman–Crippen MR) is 71.1 cm³/mol. The average molecular weight is 243 g/mol. The second-order valence-electron chi connectivity index (χ2n) is 4.73. The van der Waals surface area contributed by atoms with E-state index < -0.39 is 0 Å². The third-order valence-corrected chi connectivity index (χ3v) is 3.21. The minimum Gasteiger partial charge on any atom is -0.383 e. The third kappa shape index (κ3) is 1.92. The van der Waals surface area contributed by atoms with Crippen LogP contribution in [0.4, 0.5) is 0 Å². The van der Waals surface area contributed by atoms with Gasteiger partial charge in [-0.1, -0.05) is 0 Å². The van der Waals surface area contributed by atoms with Crippen LogP contribution in [0.5, 0.6) is 0 Å². The lowest BCUT2D eigenvalue weighted by atomic mass is 10.0. The van der Waals surface area contributed by atoms with E-state index in [0.29, 0.717) is 12.1 Å². The maximum absolute atomic E-state index is 12.1. The quantitative estimate of drug-likeness (QED) is 0.792. The second-order valence-corrected chi connectivity index (χ2v) is 4.73. The Morgan fingerprint density at radius 3 is 2.78 bits per heavy atom. The fourth-order valence-corrected chi connectivity index (χ4v) is 2.45. The van der Waals surface area contributed by atoms with Crippen LogP contribution >= 0.6 is 0 Å². The van der Waals surface area contributed by atoms with Crippen molar-refractivity contribution in [2.24, 2.45) is 0 Å². The Morgan fingerprint density at radius 2 is 2.22 bits per heavy atom. The predicted octanol–water partition coefficient (Wildman–Crippen LogP) is 1.59. The smallest absolute Gasteiger partial charge is 0.269 e. The molecule has 1 heterocycles. The number of hydrogen-bond donors (Lipinski definition) is 0. The fourth-order valence-electron chi connectivity index (χ4n) is 2.45. The monoisotopic (exact) mass is 243 g/mol. The van der Waals surface area contributed by atoms with Crippen LogP contribution in [0.3, 0.4) is 0 Å². The van der Waals surface area contributed by atoms with Gasteiger partial charge in [0, 0.05) is 38.6 Å². The van der Waals surface area contributed by atoms with Crippen molar-refractivity contribution < 1.29 is 0 Å². The largest absolute Gasteiger partial charge is 0.383 e. The van der Waals surface area contributed by atoms with Gasteiger partial charge < -0.3 is 9.47 Å². The first-order chi connectivity index (χ1) is 8.58. The molecule has 1 aromatic heterocycles. The van der Waals surface area contributed by atoms with Crippen LogP contribution in [-0.2, 0) is 13.0 Å². The van der Waals surface area contributed by atoms with E-state index in [1.54, 1.807) is 4.57 Å². The molecule has 0 N–H and O–H groups in total. The van der Waals surface area contributed by atoms with E-state index in [4.69, 9.17) is 0 Å². The Morgan fingerprint density at radius 1 is 1.50 bits per heavy atom. The lowest BCUT2D eigenvalue weighted by Gasteiger charge is -2.11. The van der Waals surface area contributed by atoms with Gasteiger partial charge in [0.05, 0.1) is 0 Å². The molecule has 94 valence electrons. The van der Waals surface area contributed by atoms with Gasteiger partial charge in [-0.25, -0.2) is 0 Å². The fraction of sp³-hybridized carbons (Fsp3) is 0.429. The van der Waals surface area contributed by atoms with E-state index in [2.05, 4.69) is 6.07 Å². The number of rotatable bonds is 2. The second kappa shape index (κ2) is 4.69. The number of aryl methyl sites for hydroxylation is 2. The van der Waals surface area contributed by atoms with Crippen LogP contribution < -0.4 is 5.56 Å². The summed E-state index contributed by atoms with van der Waals surface area (Å²) in [5, 5.41) is 9.25. The molecule has 0 spiro atoms. The van der Waals surface area contributed by atoms with Crippen molar-refractivity contribution in [2.75, 3.05) is 14.1 Å². The van der Waals surface area contributed by atoms with E-state index in [0.717, 1.165) is 29.5 Å². The van der Waals surface area contributed by atoms with Crippen molar-refractivity contribution in [1.29, 1.82) is 5.26 Å². The molecule has 0 atom stereocenters. The van der Waals surface area contributed by atoms with Crippen molar-refractivity contribution in [3.05, 3.63) is 39.4 Å². The minimum absolute atomic E-state index is 0.176. The van der Waals surface area contributed by atoms with Crippen LogP contribution in [0, 0.1) is 11.3 Å². The molecule has 0 saturated heterocycles. The Bertz CT molecular complexity index is 603. The highest BCUT2D eigenvalue weighted by Gasteiger charge is 2.23. The number of fused-ring (bicyclic) bond motifs is 1. The molecule has 0 amide bonds. The molecule has 4 heteroatoms. The van der Waals surface area contributed by atoms with Gasteiger partial charge in [0.15, 0.2) is 0 Å². The van der Waals surface area contributed by atoms with Crippen molar-refractivity contribution >= 4 is 5.57 Å².